The van der Waals surface area contributed by atoms with E-state index < -0.39 is 6.10 Å². The molecule has 22 heavy (non-hydrogen) atoms. The van der Waals surface area contributed by atoms with Crippen molar-refractivity contribution in [1.29, 1.82) is 0 Å². The van der Waals surface area contributed by atoms with Gasteiger partial charge in [-0.1, -0.05) is 18.2 Å². The van der Waals surface area contributed by atoms with Crippen molar-refractivity contribution < 1.29 is 9.84 Å². The summed E-state index contributed by atoms with van der Waals surface area (Å²) in [6.45, 7) is 3.71. The van der Waals surface area contributed by atoms with E-state index in [1.54, 1.807) is 0 Å². The molecule has 2 heterocycles. The quantitative estimate of drug-likeness (QED) is 0.823. The minimum atomic E-state index is -0.630. The molecule has 0 radical (unpaired) electrons. The van der Waals surface area contributed by atoms with Gasteiger partial charge in [0.2, 0.25) is 0 Å². The van der Waals surface area contributed by atoms with Crippen molar-refractivity contribution in [2.75, 3.05) is 32.8 Å². The van der Waals surface area contributed by atoms with Gasteiger partial charge >= 0.3 is 5.69 Å². The number of ether oxygens (including phenoxy) is 1. The van der Waals surface area contributed by atoms with Crippen LogP contribution in [-0.4, -0.2) is 63.3 Å². The number of morpholine rings is 1. The maximum absolute atomic E-state index is 12.3. The number of hydrogen-bond acceptors (Lipinski definition) is 5. The van der Waals surface area contributed by atoms with Crippen molar-refractivity contribution in [2.24, 2.45) is 0 Å². The van der Waals surface area contributed by atoms with E-state index in [-0.39, 0.29) is 12.2 Å². The molecule has 1 fully saturated rings. The minimum absolute atomic E-state index is 0.191. The largest absolute Gasteiger partial charge is 0.390 e. The van der Waals surface area contributed by atoms with E-state index in [0.29, 0.717) is 19.8 Å². The van der Waals surface area contributed by atoms with Crippen molar-refractivity contribution in [1.82, 2.24) is 19.2 Å². The van der Waals surface area contributed by atoms with E-state index in [4.69, 9.17) is 4.74 Å². The molecule has 1 atom stereocenters. The van der Waals surface area contributed by atoms with Gasteiger partial charge in [-0.15, -0.1) is 0 Å². The van der Waals surface area contributed by atoms with Gasteiger partial charge in [-0.05, 0) is 12.1 Å². The molecule has 0 bridgehead atoms. The zero-order chi connectivity index (χ0) is 15.4. The highest BCUT2D eigenvalue weighted by Crippen LogP contribution is 2.03. The van der Waals surface area contributed by atoms with Crippen molar-refractivity contribution in [3.05, 3.63) is 47.1 Å². The van der Waals surface area contributed by atoms with Crippen LogP contribution in [0.5, 0.6) is 0 Å². The summed E-state index contributed by atoms with van der Waals surface area (Å²) in [4.78, 5) is 14.4. The number of aliphatic hydroxyl groups is 1. The molecule has 0 spiro atoms. The van der Waals surface area contributed by atoms with Gasteiger partial charge in [-0.25, -0.2) is 14.0 Å². The number of benzene rings is 1. The third-order valence-corrected chi connectivity index (χ3v) is 3.72. The summed E-state index contributed by atoms with van der Waals surface area (Å²) >= 11 is 0. The number of aliphatic hydroxyl groups excluding tert-OH is 1. The van der Waals surface area contributed by atoms with Gasteiger partial charge in [0.05, 0.1) is 31.5 Å². The zero-order valence-electron chi connectivity index (χ0n) is 12.3. The van der Waals surface area contributed by atoms with Crippen LogP contribution < -0.4 is 5.69 Å². The number of β-amino-alcohol motifs (C(OH)–C–C–N with tert-alkyl or cyclic N) is 1. The molecular weight excluding hydrogens is 284 g/mol. The van der Waals surface area contributed by atoms with E-state index in [1.165, 1.54) is 15.6 Å². The Balaban J connectivity index is 1.65. The van der Waals surface area contributed by atoms with Crippen LogP contribution in [0.4, 0.5) is 0 Å². The summed E-state index contributed by atoms with van der Waals surface area (Å²) in [6, 6.07) is 9.32. The molecule has 1 N–H and O–H groups in total. The standard InChI is InChI=1S/C15H20N4O3/c20-14(10-17-6-8-22-9-7-17)11-19-15(21)18(12-16-19)13-4-2-1-3-5-13/h1-5,12,14,20H,6-11H2. The van der Waals surface area contributed by atoms with Crippen molar-refractivity contribution in [2.45, 2.75) is 12.6 Å². The zero-order valence-corrected chi connectivity index (χ0v) is 12.3. The molecule has 3 rings (SSSR count). The normalized spacial score (nSPS) is 17.5. The highest BCUT2D eigenvalue weighted by molar-refractivity contribution is 5.30. The van der Waals surface area contributed by atoms with Crippen LogP contribution in [-0.2, 0) is 11.3 Å². The Morgan fingerprint density at radius 1 is 1.18 bits per heavy atom. The summed E-state index contributed by atoms with van der Waals surface area (Å²) in [7, 11) is 0. The molecule has 0 aliphatic carbocycles. The Kier molecular flexibility index (Phi) is 4.67. The van der Waals surface area contributed by atoms with Gasteiger partial charge in [-0.2, -0.15) is 5.10 Å². The van der Waals surface area contributed by atoms with E-state index in [9.17, 15) is 9.90 Å². The molecule has 1 aliphatic rings. The van der Waals surface area contributed by atoms with Gasteiger partial charge in [0.25, 0.3) is 0 Å². The van der Waals surface area contributed by atoms with Gasteiger partial charge < -0.3 is 9.84 Å². The second-order valence-corrected chi connectivity index (χ2v) is 5.37. The highest BCUT2D eigenvalue weighted by atomic mass is 16.5. The van der Waals surface area contributed by atoms with Crippen molar-refractivity contribution >= 4 is 0 Å². The van der Waals surface area contributed by atoms with Gasteiger partial charge in [0.1, 0.15) is 6.33 Å². The molecule has 1 aromatic heterocycles. The third-order valence-electron chi connectivity index (χ3n) is 3.72. The van der Waals surface area contributed by atoms with E-state index in [1.807, 2.05) is 30.3 Å². The molecule has 118 valence electrons. The molecule has 1 saturated heterocycles. The lowest BCUT2D eigenvalue weighted by atomic mass is 10.3. The van der Waals surface area contributed by atoms with Crippen LogP contribution in [0.15, 0.2) is 41.5 Å². The first-order valence-corrected chi connectivity index (χ1v) is 7.42. The first kappa shape index (κ1) is 15.0. The fourth-order valence-electron chi connectivity index (χ4n) is 2.57. The Morgan fingerprint density at radius 2 is 1.91 bits per heavy atom. The Morgan fingerprint density at radius 3 is 2.64 bits per heavy atom. The lowest BCUT2D eigenvalue weighted by Gasteiger charge is -2.28. The molecule has 7 nitrogen and oxygen atoms in total. The smallest absolute Gasteiger partial charge is 0.350 e. The minimum Gasteiger partial charge on any atom is -0.390 e. The molecule has 1 unspecified atom stereocenters. The number of aromatic nitrogens is 3. The SMILES string of the molecule is O=c1n(-c2ccccc2)cnn1CC(O)CN1CCOCC1. The van der Waals surface area contributed by atoms with E-state index >= 15 is 0 Å². The molecule has 2 aromatic rings. The molecule has 1 aromatic carbocycles. The van der Waals surface area contributed by atoms with E-state index in [0.717, 1.165) is 18.8 Å². The first-order chi connectivity index (χ1) is 10.7. The first-order valence-electron chi connectivity index (χ1n) is 7.42. The second kappa shape index (κ2) is 6.87. The number of para-hydroxylation sites is 1. The van der Waals surface area contributed by atoms with Crippen LogP contribution in [0.2, 0.25) is 0 Å². The van der Waals surface area contributed by atoms with Crippen LogP contribution in [0.3, 0.4) is 0 Å². The fraction of sp³-hybridized carbons (Fsp3) is 0.467. The summed E-state index contributed by atoms with van der Waals surface area (Å²) in [5.74, 6) is 0. The Labute approximate surface area is 128 Å². The van der Waals surface area contributed by atoms with Gasteiger partial charge in [0, 0.05) is 19.6 Å². The summed E-state index contributed by atoms with van der Waals surface area (Å²) < 4.78 is 8.05. The number of nitrogens with zero attached hydrogens (tertiary/aromatic N) is 4. The predicted molar refractivity (Wildman–Crippen MR) is 81.1 cm³/mol. The predicted octanol–water partition coefficient (Wildman–Crippen LogP) is -0.273. The second-order valence-electron chi connectivity index (χ2n) is 5.37. The molecule has 0 amide bonds. The Bertz CT molecular complexity index is 646. The molecule has 7 heteroatoms. The fourth-order valence-corrected chi connectivity index (χ4v) is 2.57. The van der Waals surface area contributed by atoms with Crippen LogP contribution in [0, 0.1) is 0 Å². The summed E-state index contributed by atoms with van der Waals surface area (Å²) in [5.41, 5.74) is 0.522. The molecule has 1 aliphatic heterocycles. The van der Waals surface area contributed by atoms with Crippen LogP contribution >= 0.6 is 0 Å². The van der Waals surface area contributed by atoms with Gasteiger partial charge in [-0.3, -0.25) is 4.90 Å². The monoisotopic (exact) mass is 304 g/mol. The van der Waals surface area contributed by atoms with Crippen LogP contribution in [0.1, 0.15) is 0 Å². The highest BCUT2D eigenvalue weighted by Gasteiger charge is 2.17. The average Bonchev–Trinajstić information content (AvgIpc) is 2.90. The van der Waals surface area contributed by atoms with Crippen LogP contribution in [0.25, 0.3) is 5.69 Å². The topological polar surface area (TPSA) is 72.5 Å². The lowest BCUT2D eigenvalue weighted by Crippen LogP contribution is -2.43. The number of rotatable bonds is 5. The molecule has 0 saturated carbocycles. The van der Waals surface area contributed by atoms with Crippen molar-refractivity contribution in [3.8, 4) is 5.69 Å². The maximum Gasteiger partial charge on any atom is 0.350 e. The van der Waals surface area contributed by atoms with E-state index in [2.05, 4.69) is 10.00 Å². The summed E-state index contributed by atoms with van der Waals surface area (Å²) in [6.07, 6.45) is 0.856. The number of hydrogen-bond donors (Lipinski definition) is 1. The van der Waals surface area contributed by atoms with Crippen molar-refractivity contribution in [3.63, 3.8) is 0 Å². The molecular formula is C15H20N4O3. The average molecular weight is 304 g/mol. The van der Waals surface area contributed by atoms with Gasteiger partial charge in [0.15, 0.2) is 0 Å². The maximum atomic E-state index is 12.3. The third kappa shape index (κ3) is 3.44. The summed E-state index contributed by atoms with van der Waals surface area (Å²) in [5, 5.41) is 14.3. The lowest BCUT2D eigenvalue weighted by molar-refractivity contribution is 0.0106. The Hall–Kier alpha value is -1.96.